The van der Waals surface area contributed by atoms with Crippen LogP contribution in [0.3, 0.4) is 0 Å². The molecule has 5 heteroatoms. The van der Waals surface area contributed by atoms with Gasteiger partial charge in [-0.15, -0.1) is 0 Å². The number of rotatable bonds is 0. The smallest absolute Gasteiger partial charge is 0.409 e. The van der Waals surface area contributed by atoms with Gasteiger partial charge in [0.2, 0.25) is 0 Å². The van der Waals surface area contributed by atoms with E-state index in [2.05, 4.69) is 11.8 Å². The van der Waals surface area contributed by atoms with Gasteiger partial charge in [-0.25, -0.2) is 4.79 Å². The summed E-state index contributed by atoms with van der Waals surface area (Å²) >= 11 is 5.97. The largest absolute Gasteiger partial charge is 0.453 e. The van der Waals surface area contributed by atoms with E-state index in [1.807, 2.05) is 12.1 Å². The number of likely N-dealkylation sites (tertiary alicyclic amines) is 1. The maximum absolute atomic E-state index is 11.9. The maximum atomic E-state index is 11.9. The van der Waals surface area contributed by atoms with E-state index in [0.29, 0.717) is 18.0 Å². The van der Waals surface area contributed by atoms with Gasteiger partial charge in [-0.2, -0.15) is 0 Å². The molecule has 3 atom stereocenters. The fourth-order valence-electron chi connectivity index (χ4n) is 3.78. The van der Waals surface area contributed by atoms with Gasteiger partial charge in [-0.05, 0) is 43.9 Å². The number of methoxy groups -OCH3 is 1. The van der Waals surface area contributed by atoms with Crippen LogP contribution in [-0.2, 0) is 4.74 Å². The summed E-state index contributed by atoms with van der Waals surface area (Å²) in [5, 5.41) is 11.7. The van der Waals surface area contributed by atoms with E-state index in [0.717, 1.165) is 24.8 Å². The molecular weight excluding hydrogens is 314 g/mol. The fourth-order valence-corrected chi connectivity index (χ4v) is 3.97. The zero-order chi connectivity index (χ0) is 16.4. The van der Waals surface area contributed by atoms with Gasteiger partial charge in [0.25, 0.3) is 0 Å². The van der Waals surface area contributed by atoms with Crippen LogP contribution >= 0.6 is 11.6 Å². The predicted octanol–water partition coefficient (Wildman–Crippen LogP) is 3.06. The van der Waals surface area contributed by atoms with Crippen molar-refractivity contribution in [3.05, 3.63) is 34.9 Å². The first kappa shape index (κ1) is 16.2. The highest BCUT2D eigenvalue weighted by molar-refractivity contribution is 6.30. The summed E-state index contributed by atoms with van der Waals surface area (Å²) in [6.45, 7) is 0.614. The van der Waals surface area contributed by atoms with E-state index < -0.39 is 5.60 Å². The normalized spacial score (nSPS) is 29.4. The molecular formula is C18H20ClNO3. The molecule has 122 valence electrons. The number of amides is 1. The van der Waals surface area contributed by atoms with Crippen molar-refractivity contribution >= 4 is 17.7 Å². The van der Waals surface area contributed by atoms with Crippen LogP contribution in [0.4, 0.5) is 4.79 Å². The summed E-state index contributed by atoms with van der Waals surface area (Å²) < 4.78 is 4.85. The molecule has 1 saturated heterocycles. The van der Waals surface area contributed by atoms with Crippen molar-refractivity contribution in [3.8, 4) is 11.8 Å². The Kier molecular flexibility index (Phi) is 4.52. The number of hydrogen-bond acceptors (Lipinski definition) is 3. The van der Waals surface area contributed by atoms with Crippen LogP contribution in [0.1, 0.15) is 31.2 Å². The minimum atomic E-state index is -1.06. The van der Waals surface area contributed by atoms with Crippen molar-refractivity contribution in [2.45, 2.75) is 37.3 Å². The molecule has 0 aromatic heterocycles. The molecule has 1 saturated carbocycles. The Bertz CT molecular complexity index is 666. The van der Waals surface area contributed by atoms with E-state index >= 15 is 0 Å². The first-order chi connectivity index (χ1) is 11.0. The average molecular weight is 334 g/mol. The molecule has 23 heavy (non-hydrogen) atoms. The summed E-state index contributed by atoms with van der Waals surface area (Å²) in [5.74, 6) is 6.08. The number of carbonyl (C=O) groups is 1. The topological polar surface area (TPSA) is 49.8 Å². The van der Waals surface area contributed by atoms with Gasteiger partial charge in [0.15, 0.2) is 0 Å². The first-order valence-corrected chi connectivity index (χ1v) is 8.27. The Hall–Kier alpha value is -1.70. The lowest BCUT2D eigenvalue weighted by atomic mass is 9.73. The summed E-state index contributed by atoms with van der Waals surface area (Å²) in [5.41, 5.74) is -0.274. The number of hydrogen-bond donors (Lipinski definition) is 1. The van der Waals surface area contributed by atoms with Crippen molar-refractivity contribution < 1.29 is 14.6 Å². The van der Waals surface area contributed by atoms with Crippen LogP contribution in [0.5, 0.6) is 0 Å². The molecule has 1 N–H and O–H groups in total. The molecule has 2 fully saturated rings. The zero-order valence-electron chi connectivity index (χ0n) is 13.1. The second-order valence-corrected chi connectivity index (χ2v) is 6.64. The summed E-state index contributed by atoms with van der Waals surface area (Å²) in [6.07, 6.45) is 2.80. The molecule has 1 aromatic carbocycles. The second-order valence-electron chi connectivity index (χ2n) is 6.20. The summed E-state index contributed by atoms with van der Waals surface area (Å²) in [4.78, 5) is 13.6. The van der Waals surface area contributed by atoms with Gasteiger partial charge in [0.1, 0.15) is 5.60 Å². The summed E-state index contributed by atoms with van der Waals surface area (Å²) in [7, 11) is 1.39. The molecule has 1 heterocycles. The lowest BCUT2D eigenvalue weighted by Gasteiger charge is -2.39. The van der Waals surface area contributed by atoms with Crippen LogP contribution in [0, 0.1) is 17.8 Å². The molecule has 1 aliphatic carbocycles. The van der Waals surface area contributed by atoms with Crippen molar-refractivity contribution in [1.29, 1.82) is 0 Å². The van der Waals surface area contributed by atoms with Crippen LogP contribution in [0.15, 0.2) is 24.3 Å². The van der Waals surface area contributed by atoms with E-state index in [4.69, 9.17) is 16.3 Å². The number of nitrogens with zero attached hydrogens (tertiary/aromatic N) is 1. The third-order valence-electron chi connectivity index (χ3n) is 4.87. The zero-order valence-corrected chi connectivity index (χ0v) is 13.8. The molecule has 4 nitrogen and oxygen atoms in total. The van der Waals surface area contributed by atoms with E-state index in [-0.39, 0.29) is 18.1 Å². The van der Waals surface area contributed by atoms with Crippen molar-refractivity contribution in [1.82, 2.24) is 4.90 Å². The number of halogens is 1. The Labute approximate surface area is 141 Å². The minimum absolute atomic E-state index is 0.00913. The molecule has 2 aliphatic rings. The third kappa shape index (κ3) is 3.17. The second kappa shape index (κ2) is 6.43. The van der Waals surface area contributed by atoms with E-state index in [1.165, 1.54) is 7.11 Å². The van der Waals surface area contributed by atoms with Crippen LogP contribution in [-0.4, -0.2) is 41.4 Å². The third-order valence-corrected chi connectivity index (χ3v) is 5.11. The van der Waals surface area contributed by atoms with E-state index in [1.54, 1.807) is 17.0 Å². The molecule has 0 spiro atoms. The highest BCUT2D eigenvalue weighted by Gasteiger charge is 2.50. The van der Waals surface area contributed by atoms with Crippen molar-refractivity contribution in [2.75, 3.05) is 13.7 Å². The average Bonchev–Trinajstić information content (AvgIpc) is 2.98. The predicted molar refractivity (Wildman–Crippen MR) is 88.1 cm³/mol. The lowest BCUT2D eigenvalue weighted by Crippen LogP contribution is -2.49. The van der Waals surface area contributed by atoms with Crippen molar-refractivity contribution in [3.63, 3.8) is 0 Å². The number of ether oxygens (including phenoxy) is 1. The Morgan fingerprint density at radius 3 is 3.04 bits per heavy atom. The van der Waals surface area contributed by atoms with Crippen LogP contribution < -0.4 is 0 Å². The molecule has 0 radical (unpaired) electrons. The monoisotopic (exact) mass is 333 g/mol. The number of carbonyl (C=O) groups excluding carboxylic acids is 1. The quantitative estimate of drug-likeness (QED) is 0.742. The number of benzene rings is 1. The number of aliphatic hydroxyl groups is 1. The van der Waals surface area contributed by atoms with Gasteiger partial charge in [-0.1, -0.05) is 29.5 Å². The highest BCUT2D eigenvalue weighted by Crippen LogP contribution is 2.42. The minimum Gasteiger partial charge on any atom is -0.453 e. The standard InChI is InChI=1S/C18H20ClNO3/c1-23-17(21)20-11-8-15-16(20)6-3-9-18(15,22)10-7-13-4-2-5-14(19)12-13/h2,4-5,12,15-16,22H,3,6,8-9,11H2,1H3. The lowest BCUT2D eigenvalue weighted by molar-refractivity contribution is -0.0136. The van der Waals surface area contributed by atoms with E-state index in [9.17, 15) is 9.90 Å². The van der Waals surface area contributed by atoms with Crippen LogP contribution in [0.2, 0.25) is 5.02 Å². The van der Waals surface area contributed by atoms with Gasteiger partial charge in [0, 0.05) is 29.1 Å². The van der Waals surface area contributed by atoms with Gasteiger partial charge < -0.3 is 14.7 Å². The van der Waals surface area contributed by atoms with Gasteiger partial charge >= 0.3 is 6.09 Å². The molecule has 3 unspecified atom stereocenters. The van der Waals surface area contributed by atoms with Crippen LogP contribution in [0.25, 0.3) is 0 Å². The van der Waals surface area contributed by atoms with Crippen molar-refractivity contribution in [2.24, 2.45) is 5.92 Å². The summed E-state index contributed by atoms with van der Waals surface area (Å²) in [6, 6.07) is 7.30. The molecule has 1 aliphatic heterocycles. The SMILES string of the molecule is COC(=O)N1CCC2C1CCCC2(O)C#Cc1cccc(Cl)c1. The first-order valence-electron chi connectivity index (χ1n) is 7.89. The Morgan fingerprint density at radius 1 is 1.48 bits per heavy atom. The fraction of sp³-hybridized carbons (Fsp3) is 0.500. The molecule has 1 aromatic rings. The maximum Gasteiger partial charge on any atom is 0.409 e. The van der Waals surface area contributed by atoms with Gasteiger partial charge in [-0.3, -0.25) is 0 Å². The Morgan fingerprint density at radius 2 is 2.30 bits per heavy atom. The Balaban J connectivity index is 1.83. The molecule has 0 bridgehead atoms. The van der Waals surface area contributed by atoms with Gasteiger partial charge in [0.05, 0.1) is 7.11 Å². The molecule has 1 amide bonds. The number of fused-ring (bicyclic) bond motifs is 1. The molecule has 3 rings (SSSR count). The highest BCUT2D eigenvalue weighted by atomic mass is 35.5.